The number of likely N-dealkylation sites (tertiary alicyclic amines) is 1. The largest absolute Gasteiger partial charge is 0.494 e. The number of hydrogen-bond donors (Lipinski definition) is 1. The Morgan fingerprint density at radius 3 is 2.74 bits per heavy atom. The number of rotatable bonds is 7. The van der Waals surface area contributed by atoms with Crippen LogP contribution in [0, 0.1) is 5.92 Å². The van der Waals surface area contributed by atoms with E-state index in [1.165, 1.54) is 12.0 Å². The SMILES string of the molecule is CCOc1ccc(CCC(=O)N2CCCC(CNC)C2)cc1.Cl. The number of hydrogen-bond acceptors (Lipinski definition) is 3. The van der Waals surface area contributed by atoms with Gasteiger partial charge in [-0.1, -0.05) is 12.1 Å². The highest BCUT2D eigenvalue weighted by Crippen LogP contribution is 2.18. The third kappa shape index (κ3) is 6.40. The Balaban J connectivity index is 0.00000264. The minimum absolute atomic E-state index is 0. The highest BCUT2D eigenvalue weighted by atomic mass is 35.5. The molecule has 0 bridgehead atoms. The number of piperidine rings is 1. The van der Waals surface area contributed by atoms with Crippen molar-refractivity contribution in [3.63, 3.8) is 0 Å². The van der Waals surface area contributed by atoms with Crippen LogP contribution in [-0.2, 0) is 11.2 Å². The van der Waals surface area contributed by atoms with Gasteiger partial charge in [0, 0.05) is 19.5 Å². The highest BCUT2D eigenvalue weighted by Gasteiger charge is 2.22. The Bertz CT molecular complexity index is 463. The molecule has 130 valence electrons. The molecule has 1 heterocycles. The maximum atomic E-state index is 12.4. The maximum Gasteiger partial charge on any atom is 0.222 e. The van der Waals surface area contributed by atoms with E-state index in [1.807, 2.05) is 31.0 Å². The van der Waals surface area contributed by atoms with E-state index >= 15 is 0 Å². The van der Waals surface area contributed by atoms with E-state index in [0.29, 0.717) is 18.9 Å². The van der Waals surface area contributed by atoms with Crippen molar-refractivity contribution in [1.29, 1.82) is 0 Å². The summed E-state index contributed by atoms with van der Waals surface area (Å²) >= 11 is 0. The number of aryl methyl sites for hydroxylation is 1. The van der Waals surface area contributed by atoms with Crippen molar-refractivity contribution in [2.24, 2.45) is 5.92 Å². The molecule has 1 aromatic rings. The number of carbonyl (C=O) groups excluding carboxylic acids is 1. The minimum atomic E-state index is 0. The Morgan fingerprint density at radius 2 is 2.09 bits per heavy atom. The maximum absolute atomic E-state index is 12.4. The van der Waals surface area contributed by atoms with Gasteiger partial charge in [0.1, 0.15) is 5.75 Å². The molecule has 1 aromatic carbocycles. The predicted octanol–water partition coefficient (Wildman–Crippen LogP) is 2.90. The molecule has 23 heavy (non-hydrogen) atoms. The molecule has 0 saturated carbocycles. The van der Waals surface area contributed by atoms with Crippen LogP contribution < -0.4 is 10.1 Å². The topological polar surface area (TPSA) is 41.6 Å². The van der Waals surface area contributed by atoms with Crippen molar-refractivity contribution in [2.75, 3.05) is 33.3 Å². The van der Waals surface area contributed by atoms with Gasteiger partial charge in [-0.25, -0.2) is 0 Å². The van der Waals surface area contributed by atoms with Crippen molar-refractivity contribution in [1.82, 2.24) is 10.2 Å². The zero-order chi connectivity index (χ0) is 15.8. The number of nitrogens with zero attached hydrogens (tertiary/aromatic N) is 1. The lowest BCUT2D eigenvalue weighted by atomic mass is 9.97. The third-order valence-corrected chi connectivity index (χ3v) is 4.23. The summed E-state index contributed by atoms with van der Waals surface area (Å²) in [6.07, 6.45) is 3.75. The molecule has 5 heteroatoms. The van der Waals surface area contributed by atoms with Gasteiger partial charge in [0.05, 0.1) is 6.61 Å². The summed E-state index contributed by atoms with van der Waals surface area (Å²) in [5.74, 6) is 1.78. The molecule has 0 aromatic heterocycles. The molecule has 1 amide bonds. The summed E-state index contributed by atoms with van der Waals surface area (Å²) in [4.78, 5) is 14.4. The molecule has 0 aliphatic carbocycles. The molecule has 2 rings (SSSR count). The second kappa shape index (κ2) is 10.5. The molecular formula is C18H29ClN2O2. The van der Waals surface area contributed by atoms with Crippen LogP contribution in [0.15, 0.2) is 24.3 Å². The summed E-state index contributed by atoms with van der Waals surface area (Å²) in [7, 11) is 1.98. The van der Waals surface area contributed by atoms with Gasteiger partial charge in [-0.15, -0.1) is 12.4 Å². The average Bonchev–Trinajstić information content (AvgIpc) is 2.55. The van der Waals surface area contributed by atoms with E-state index in [9.17, 15) is 4.79 Å². The standard InChI is InChI=1S/C18H28N2O2.ClH/c1-3-22-17-9-6-15(7-10-17)8-11-18(21)20-12-4-5-16(14-20)13-19-2;/h6-7,9-10,16,19H,3-5,8,11-14H2,1-2H3;1H. The fourth-order valence-electron chi connectivity index (χ4n) is 3.08. The van der Waals surface area contributed by atoms with Gasteiger partial charge in [-0.2, -0.15) is 0 Å². The quantitative estimate of drug-likeness (QED) is 0.829. The molecule has 1 atom stereocenters. The van der Waals surface area contributed by atoms with Gasteiger partial charge >= 0.3 is 0 Å². The molecule has 1 aliphatic rings. The first-order valence-electron chi connectivity index (χ1n) is 8.37. The normalized spacial score (nSPS) is 17.5. The predicted molar refractivity (Wildman–Crippen MR) is 96.4 cm³/mol. The van der Waals surface area contributed by atoms with Crippen LogP contribution in [0.5, 0.6) is 5.75 Å². The van der Waals surface area contributed by atoms with E-state index in [2.05, 4.69) is 17.4 Å². The van der Waals surface area contributed by atoms with Crippen molar-refractivity contribution >= 4 is 18.3 Å². The van der Waals surface area contributed by atoms with Gasteiger partial charge in [-0.05, 0) is 63.4 Å². The van der Waals surface area contributed by atoms with Crippen LogP contribution in [0.25, 0.3) is 0 Å². The number of halogens is 1. The summed E-state index contributed by atoms with van der Waals surface area (Å²) in [5, 5.41) is 3.22. The average molecular weight is 341 g/mol. The third-order valence-electron chi connectivity index (χ3n) is 4.23. The summed E-state index contributed by atoms with van der Waals surface area (Å²) in [6.45, 7) is 5.49. The van der Waals surface area contributed by atoms with Crippen LogP contribution >= 0.6 is 12.4 Å². The second-order valence-corrected chi connectivity index (χ2v) is 5.98. The van der Waals surface area contributed by atoms with E-state index in [0.717, 1.165) is 38.2 Å². The Morgan fingerprint density at radius 1 is 1.35 bits per heavy atom. The van der Waals surface area contributed by atoms with Crippen LogP contribution in [0.3, 0.4) is 0 Å². The molecule has 1 aliphatic heterocycles. The highest BCUT2D eigenvalue weighted by molar-refractivity contribution is 5.85. The Labute approximate surface area is 146 Å². The lowest BCUT2D eigenvalue weighted by Crippen LogP contribution is -2.42. The molecule has 1 unspecified atom stereocenters. The van der Waals surface area contributed by atoms with Crippen LogP contribution in [0.1, 0.15) is 31.7 Å². The zero-order valence-corrected chi connectivity index (χ0v) is 15.0. The molecule has 0 spiro atoms. The molecule has 1 N–H and O–H groups in total. The van der Waals surface area contributed by atoms with E-state index in [4.69, 9.17) is 4.74 Å². The van der Waals surface area contributed by atoms with Crippen LogP contribution in [0.2, 0.25) is 0 Å². The van der Waals surface area contributed by atoms with Gasteiger partial charge < -0.3 is 15.0 Å². The van der Waals surface area contributed by atoms with E-state index in [-0.39, 0.29) is 18.3 Å². The monoisotopic (exact) mass is 340 g/mol. The first kappa shape index (κ1) is 19.8. The number of ether oxygens (including phenoxy) is 1. The van der Waals surface area contributed by atoms with Crippen molar-refractivity contribution in [3.8, 4) is 5.75 Å². The van der Waals surface area contributed by atoms with Crippen LogP contribution in [0.4, 0.5) is 0 Å². The number of benzene rings is 1. The first-order chi connectivity index (χ1) is 10.7. The van der Waals surface area contributed by atoms with Gasteiger partial charge in [-0.3, -0.25) is 4.79 Å². The number of nitrogens with one attached hydrogen (secondary N) is 1. The molecule has 4 nitrogen and oxygen atoms in total. The van der Waals surface area contributed by atoms with Gasteiger partial charge in [0.2, 0.25) is 5.91 Å². The van der Waals surface area contributed by atoms with E-state index < -0.39 is 0 Å². The fraction of sp³-hybridized carbons (Fsp3) is 0.611. The lowest BCUT2D eigenvalue weighted by Gasteiger charge is -2.32. The minimum Gasteiger partial charge on any atom is -0.494 e. The van der Waals surface area contributed by atoms with Crippen molar-refractivity contribution in [2.45, 2.75) is 32.6 Å². The summed E-state index contributed by atoms with van der Waals surface area (Å²) in [5.41, 5.74) is 1.19. The Kier molecular flexibility index (Phi) is 9.03. The van der Waals surface area contributed by atoms with Crippen LogP contribution in [-0.4, -0.2) is 44.1 Å². The Hall–Kier alpha value is -1.26. The molecule has 1 saturated heterocycles. The van der Waals surface area contributed by atoms with Crippen molar-refractivity contribution < 1.29 is 9.53 Å². The van der Waals surface area contributed by atoms with Gasteiger partial charge in [0.25, 0.3) is 0 Å². The van der Waals surface area contributed by atoms with Gasteiger partial charge in [0.15, 0.2) is 0 Å². The molecular weight excluding hydrogens is 312 g/mol. The molecule has 1 fully saturated rings. The smallest absolute Gasteiger partial charge is 0.222 e. The zero-order valence-electron chi connectivity index (χ0n) is 14.2. The van der Waals surface area contributed by atoms with E-state index in [1.54, 1.807) is 0 Å². The second-order valence-electron chi connectivity index (χ2n) is 5.98. The molecule has 0 radical (unpaired) electrons. The lowest BCUT2D eigenvalue weighted by molar-refractivity contribution is -0.132. The number of amides is 1. The first-order valence-corrected chi connectivity index (χ1v) is 8.37. The summed E-state index contributed by atoms with van der Waals surface area (Å²) in [6, 6.07) is 8.07. The summed E-state index contributed by atoms with van der Waals surface area (Å²) < 4.78 is 5.44. The van der Waals surface area contributed by atoms with Crippen molar-refractivity contribution in [3.05, 3.63) is 29.8 Å². The number of carbonyl (C=O) groups is 1. The fourth-order valence-corrected chi connectivity index (χ4v) is 3.08.